The van der Waals surface area contributed by atoms with E-state index >= 15 is 0 Å². The Balaban J connectivity index is 2.42. The van der Waals surface area contributed by atoms with Crippen LogP contribution < -0.4 is 5.32 Å². The summed E-state index contributed by atoms with van der Waals surface area (Å²) in [7, 11) is 0. The Morgan fingerprint density at radius 3 is 2.22 bits per heavy atom. The van der Waals surface area contributed by atoms with Crippen molar-refractivity contribution in [2.75, 3.05) is 0 Å². The maximum Gasteiger partial charge on any atom is 0.0208 e. The fourth-order valence-electron chi connectivity index (χ4n) is 2.18. The van der Waals surface area contributed by atoms with Crippen molar-refractivity contribution in [3.05, 3.63) is 35.4 Å². The van der Waals surface area contributed by atoms with E-state index < -0.39 is 0 Å². The van der Waals surface area contributed by atoms with Gasteiger partial charge in [0.2, 0.25) is 0 Å². The van der Waals surface area contributed by atoms with Crippen molar-refractivity contribution in [2.45, 2.75) is 71.9 Å². The number of rotatable bonds is 8. The molecule has 1 N–H and O–H groups in total. The van der Waals surface area contributed by atoms with E-state index in [9.17, 15) is 0 Å². The predicted molar refractivity (Wildman–Crippen MR) is 81.0 cm³/mol. The van der Waals surface area contributed by atoms with Crippen LogP contribution in [-0.2, 0) is 6.54 Å². The van der Waals surface area contributed by atoms with Crippen molar-refractivity contribution in [2.24, 2.45) is 0 Å². The SMILES string of the molecule is CCCCC(CC)NCc1ccc(C(C)C)cc1. The zero-order valence-corrected chi connectivity index (χ0v) is 12.5. The van der Waals surface area contributed by atoms with Gasteiger partial charge in [0.05, 0.1) is 0 Å². The third-order valence-corrected chi connectivity index (χ3v) is 3.64. The lowest BCUT2D eigenvalue weighted by Crippen LogP contribution is -2.27. The lowest BCUT2D eigenvalue weighted by Gasteiger charge is -2.17. The summed E-state index contributed by atoms with van der Waals surface area (Å²) in [5.41, 5.74) is 2.83. The molecule has 1 nitrogen and oxygen atoms in total. The molecule has 0 aliphatic rings. The van der Waals surface area contributed by atoms with Gasteiger partial charge in [0, 0.05) is 12.6 Å². The summed E-state index contributed by atoms with van der Waals surface area (Å²) in [4.78, 5) is 0. The van der Waals surface area contributed by atoms with Crippen molar-refractivity contribution < 1.29 is 0 Å². The third kappa shape index (κ3) is 5.22. The van der Waals surface area contributed by atoms with E-state index in [2.05, 4.69) is 57.3 Å². The second-order valence-corrected chi connectivity index (χ2v) is 5.52. The molecule has 0 aromatic heterocycles. The van der Waals surface area contributed by atoms with Gasteiger partial charge in [-0.3, -0.25) is 0 Å². The van der Waals surface area contributed by atoms with Crippen LogP contribution in [0.3, 0.4) is 0 Å². The van der Waals surface area contributed by atoms with E-state index in [1.54, 1.807) is 0 Å². The van der Waals surface area contributed by atoms with Gasteiger partial charge in [0.25, 0.3) is 0 Å². The average Bonchev–Trinajstić information content (AvgIpc) is 2.39. The Kier molecular flexibility index (Phi) is 7.04. The van der Waals surface area contributed by atoms with Crippen molar-refractivity contribution >= 4 is 0 Å². The van der Waals surface area contributed by atoms with Gasteiger partial charge in [0.15, 0.2) is 0 Å². The molecule has 1 unspecified atom stereocenters. The Morgan fingerprint density at radius 1 is 1.06 bits per heavy atom. The highest BCUT2D eigenvalue weighted by molar-refractivity contribution is 5.24. The van der Waals surface area contributed by atoms with E-state index in [0.29, 0.717) is 12.0 Å². The molecule has 102 valence electrons. The van der Waals surface area contributed by atoms with E-state index in [1.807, 2.05) is 0 Å². The van der Waals surface area contributed by atoms with E-state index in [-0.39, 0.29) is 0 Å². The molecule has 0 aliphatic heterocycles. The first-order chi connectivity index (χ1) is 8.67. The summed E-state index contributed by atoms with van der Waals surface area (Å²) in [5, 5.41) is 3.67. The molecular formula is C17H29N. The number of unbranched alkanes of at least 4 members (excludes halogenated alkanes) is 1. The molecule has 0 heterocycles. The van der Waals surface area contributed by atoms with E-state index in [1.165, 1.54) is 36.8 Å². The van der Waals surface area contributed by atoms with Crippen LogP contribution in [0.5, 0.6) is 0 Å². The van der Waals surface area contributed by atoms with Crippen molar-refractivity contribution in [3.63, 3.8) is 0 Å². The minimum atomic E-state index is 0.625. The molecule has 18 heavy (non-hydrogen) atoms. The maximum atomic E-state index is 3.67. The second-order valence-electron chi connectivity index (χ2n) is 5.52. The highest BCUT2D eigenvalue weighted by Crippen LogP contribution is 2.15. The number of hydrogen-bond donors (Lipinski definition) is 1. The van der Waals surface area contributed by atoms with Gasteiger partial charge in [-0.2, -0.15) is 0 Å². The smallest absolute Gasteiger partial charge is 0.0208 e. The first-order valence-electron chi connectivity index (χ1n) is 7.49. The van der Waals surface area contributed by atoms with Crippen LogP contribution in [-0.4, -0.2) is 6.04 Å². The Hall–Kier alpha value is -0.820. The topological polar surface area (TPSA) is 12.0 Å². The molecule has 0 bridgehead atoms. The molecule has 0 saturated heterocycles. The first kappa shape index (κ1) is 15.2. The van der Waals surface area contributed by atoms with Gasteiger partial charge >= 0.3 is 0 Å². The first-order valence-corrected chi connectivity index (χ1v) is 7.49. The molecule has 0 spiro atoms. The van der Waals surface area contributed by atoms with Crippen LogP contribution in [0.4, 0.5) is 0 Å². The van der Waals surface area contributed by atoms with Gasteiger partial charge in [-0.05, 0) is 29.9 Å². The molecule has 1 rings (SSSR count). The van der Waals surface area contributed by atoms with Crippen molar-refractivity contribution in [1.29, 1.82) is 0 Å². The van der Waals surface area contributed by atoms with E-state index in [4.69, 9.17) is 0 Å². The van der Waals surface area contributed by atoms with Crippen LogP contribution in [0.25, 0.3) is 0 Å². The minimum absolute atomic E-state index is 0.625. The normalized spacial score (nSPS) is 12.9. The fourth-order valence-corrected chi connectivity index (χ4v) is 2.18. The summed E-state index contributed by atoms with van der Waals surface area (Å²) >= 11 is 0. The molecule has 1 aromatic rings. The largest absolute Gasteiger partial charge is 0.310 e. The molecular weight excluding hydrogens is 218 g/mol. The lowest BCUT2D eigenvalue weighted by atomic mass is 10.0. The summed E-state index contributed by atoms with van der Waals surface area (Å²) in [6, 6.07) is 9.71. The Morgan fingerprint density at radius 2 is 1.72 bits per heavy atom. The quantitative estimate of drug-likeness (QED) is 0.691. The van der Waals surface area contributed by atoms with Gasteiger partial charge < -0.3 is 5.32 Å². The second kappa shape index (κ2) is 8.31. The van der Waals surface area contributed by atoms with Crippen LogP contribution in [0.1, 0.15) is 70.4 Å². The monoisotopic (exact) mass is 247 g/mol. The third-order valence-electron chi connectivity index (χ3n) is 3.64. The fraction of sp³-hybridized carbons (Fsp3) is 0.647. The molecule has 1 atom stereocenters. The predicted octanol–water partition coefficient (Wildman–Crippen LogP) is 4.87. The van der Waals surface area contributed by atoms with Crippen LogP contribution in [0.15, 0.2) is 24.3 Å². The van der Waals surface area contributed by atoms with Gasteiger partial charge in [0.1, 0.15) is 0 Å². The van der Waals surface area contributed by atoms with Gasteiger partial charge in [-0.25, -0.2) is 0 Å². The summed E-state index contributed by atoms with van der Waals surface area (Å²) in [5.74, 6) is 0.625. The Bertz CT molecular complexity index is 313. The number of nitrogens with one attached hydrogen (secondary N) is 1. The molecule has 0 radical (unpaired) electrons. The maximum absolute atomic E-state index is 3.67. The minimum Gasteiger partial charge on any atom is -0.310 e. The van der Waals surface area contributed by atoms with Crippen LogP contribution in [0, 0.1) is 0 Å². The molecule has 0 aliphatic carbocycles. The molecule has 1 heteroatoms. The zero-order valence-electron chi connectivity index (χ0n) is 12.5. The van der Waals surface area contributed by atoms with Crippen molar-refractivity contribution in [1.82, 2.24) is 5.32 Å². The molecule has 1 aromatic carbocycles. The van der Waals surface area contributed by atoms with Crippen LogP contribution in [0.2, 0.25) is 0 Å². The molecule has 0 amide bonds. The summed E-state index contributed by atoms with van der Waals surface area (Å²) < 4.78 is 0. The van der Waals surface area contributed by atoms with E-state index in [0.717, 1.165) is 6.54 Å². The number of hydrogen-bond acceptors (Lipinski definition) is 1. The van der Waals surface area contributed by atoms with Crippen LogP contribution >= 0.6 is 0 Å². The summed E-state index contributed by atoms with van der Waals surface area (Å²) in [6.07, 6.45) is 5.15. The van der Waals surface area contributed by atoms with Gasteiger partial charge in [-0.1, -0.05) is 64.8 Å². The molecule has 0 fully saturated rings. The van der Waals surface area contributed by atoms with Crippen molar-refractivity contribution in [3.8, 4) is 0 Å². The van der Waals surface area contributed by atoms with Gasteiger partial charge in [-0.15, -0.1) is 0 Å². The highest BCUT2D eigenvalue weighted by Gasteiger charge is 2.05. The summed E-state index contributed by atoms with van der Waals surface area (Å²) in [6.45, 7) is 10.0. The standard InChI is InChI=1S/C17H29N/c1-5-7-8-17(6-2)18-13-15-9-11-16(12-10-15)14(3)4/h9-12,14,17-18H,5-8,13H2,1-4H3. The zero-order chi connectivity index (χ0) is 13.4. The lowest BCUT2D eigenvalue weighted by molar-refractivity contribution is 0.452. The molecule has 0 saturated carbocycles. The Labute approximate surface area is 113 Å². The average molecular weight is 247 g/mol. The highest BCUT2D eigenvalue weighted by atomic mass is 14.9. The number of benzene rings is 1.